The molecule has 2 aliphatic rings. The minimum Gasteiger partial charge on any atom is -0.491 e. The van der Waals surface area contributed by atoms with Gasteiger partial charge in [0, 0.05) is 11.8 Å². The number of epoxide rings is 2. The number of hydrogen-bond donors (Lipinski definition) is 0. The van der Waals surface area contributed by atoms with Crippen LogP contribution in [0.15, 0.2) is 97.1 Å². The Kier molecular flexibility index (Phi) is 8.69. The maximum atomic E-state index is 5.78. The van der Waals surface area contributed by atoms with Crippen molar-refractivity contribution < 1.29 is 18.9 Å². The van der Waals surface area contributed by atoms with Gasteiger partial charge in [0.1, 0.15) is 36.9 Å². The molecular weight excluding hydrogens is 508 g/mol. The summed E-state index contributed by atoms with van der Waals surface area (Å²) in [6.07, 6.45) is 3.88. The van der Waals surface area contributed by atoms with E-state index in [1.807, 2.05) is 0 Å². The number of hydrogen-bond acceptors (Lipinski definition) is 4. The highest BCUT2D eigenvalue weighted by molar-refractivity contribution is 5.38. The summed E-state index contributed by atoms with van der Waals surface area (Å²) in [7, 11) is 0. The Balaban J connectivity index is 0.952. The SMILES string of the molecule is CC(c1ccc(CCCc2ccc(C(C)c3ccc(OCC4CO4)cc3)cc2)cc1)c1ccc(OCC2CO2)cc1. The van der Waals surface area contributed by atoms with Gasteiger partial charge in [-0.1, -0.05) is 86.6 Å². The van der Waals surface area contributed by atoms with Crippen LogP contribution >= 0.6 is 0 Å². The lowest BCUT2D eigenvalue weighted by Gasteiger charge is -2.15. The molecule has 4 unspecified atom stereocenters. The molecule has 4 aromatic carbocycles. The second-order valence-electron chi connectivity index (χ2n) is 11.5. The molecule has 2 saturated heterocycles. The van der Waals surface area contributed by atoms with Crippen LogP contribution in [-0.4, -0.2) is 38.6 Å². The molecule has 2 heterocycles. The molecule has 4 nitrogen and oxygen atoms in total. The monoisotopic (exact) mass is 548 g/mol. The fraction of sp³-hybridized carbons (Fsp3) is 0.351. The second-order valence-corrected chi connectivity index (χ2v) is 11.5. The summed E-state index contributed by atoms with van der Waals surface area (Å²) < 4.78 is 22.0. The topological polar surface area (TPSA) is 43.5 Å². The van der Waals surface area contributed by atoms with Crippen molar-refractivity contribution >= 4 is 0 Å². The molecule has 4 heteroatoms. The molecule has 4 aromatic rings. The van der Waals surface area contributed by atoms with Crippen molar-refractivity contribution in [3.63, 3.8) is 0 Å². The number of benzene rings is 4. The lowest BCUT2D eigenvalue weighted by atomic mass is 9.91. The molecule has 0 amide bonds. The van der Waals surface area contributed by atoms with E-state index < -0.39 is 0 Å². The van der Waals surface area contributed by atoms with Gasteiger partial charge in [0.25, 0.3) is 0 Å². The lowest BCUT2D eigenvalue weighted by molar-refractivity contribution is 0.263. The first-order valence-electron chi connectivity index (χ1n) is 15.0. The van der Waals surface area contributed by atoms with Crippen LogP contribution in [0.2, 0.25) is 0 Å². The van der Waals surface area contributed by atoms with Crippen molar-refractivity contribution in [3.8, 4) is 11.5 Å². The largest absolute Gasteiger partial charge is 0.491 e. The Morgan fingerprint density at radius 2 is 0.854 bits per heavy atom. The zero-order chi connectivity index (χ0) is 28.0. The molecule has 41 heavy (non-hydrogen) atoms. The van der Waals surface area contributed by atoms with Crippen LogP contribution in [0, 0.1) is 0 Å². The average Bonchev–Trinajstić information content (AvgIpc) is 3.96. The van der Waals surface area contributed by atoms with E-state index in [1.54, 1.807) is 0 Å². The van der Waals surface area contributed by atoms with Gasteiger partial charge < -0.3 is 18.9 Å². The minimum absolute atomic E-state index is 0.282. The van der Waals surface area contributed by atoms with Crippen molar-refractivity contribution in [2.24, 2.45) is 0 Å². The highest BCUT2D eigenvalue weighted by atomic mass is 16.6. The lowest BCUT2D eigenvalue weighted by Crippen LogP contribution is -2.04. The van der Waals surface area contributed by atoms with Crippen LogP contribution < -0.4 is 9.47 Å². The van der Waals surface area contributed by atoms with Gasteiger partial charge in [-0.05, 0) is 76.9 Å². The highest BCUT2D eigenvalue weighted by Gasteiger charge is 2.23. The number of ether oxygens (including phenoxy) is 4. The van der Waals surface area contributed by atoms with E-state index >= 15 is 0 Å². The van der Waals surface area contributed by atoms with Crippen molar-refractivity contribution in [2.75, 3.05) is 26.4 Å². The third kappa shape index (κ3) is 7.78. The van der Waals surface area contributed by atoms with Gasteiger partial charge in [0.05, 0.1) is 13.2 Å². The smallest absolute Gasteiger partial charge is 0.119 e. The summed E-state index contributed by atoms with van der Waals surface area (Å²) in [5.74, 6) is 2.51. The summed E-state index contributed by atoms with van der Waals surface area (Å²) >= 11 is 0. The number of rotatable bonds is 14. The summed E-state index contributed by atoms with van der Waals surface area (Å²) in [5, 5.41) is 0. The Morgan fingerprint density at radius 3 is 1.17 bits per heavy atom. The first kappa shape index (κ1) is 27.6. The molecule has 0 radical (unpaired) electrons. The minimum atomic E-state index is 0.282. The quantitative estimate of drug-likeness (QED) is 0.151. The molecule has 0 N–H and O–H groups in total. The van der Waals surface area contributed by atoms with Crippen molar-refractivity contribution in [2.45, 2.75) is 57.2 Å². The van der Waals surface area contributed by atoms with E-state index in [4.69, 9.17) is 18.9 Å². The predicted molar refractivity (Wildman–Crippen MR) is 163 cm³/mol. The second kappa shape index (κ2) is 12.9. The molecule has 0 aromatic heterocycles. The van der Waals surface area contributed by atoms with E-state index in [2.05, 4.69) is 111 Å². The van der Waals surface area contributed by atoms with Crippen LogP contribution in [-0.2, 0) is 22.3 Å². The maximum Gasteiger partial charge on any atom is 0.119 e. The normalized spacial score (nSPS) is 18.9. The van der Waals surface area contributed by atoms with Crippen LogP contribution in [0.3, 0.4) is 0 Å². The zero-order valence-electron chi connectivity index (χ0n) is 24.1. The third-order valence-corrected chi connectivity index (χ3v) is 8.33. The summed E-state index contributed by atoms with van der Waals surface area (Å²) in [4.78, 5) is 0. The average molecular weight is 549 g/mol. The number of aryl methyl sites for hydroxylation is 2. The van der Waals surface area contributed by atoms with Gasteiger partial charge in [-0.25, -0.2) is 0 Å². The van der Waals surface area contributed by atoms with Crippen molar-refractivity contribution in [1.82, 2.24) is 0 Å². The molecule has 0 bridgehead atoms. The summed E-state index contributed by atoms with van der Waals surface area (Å²) in [5.41, 5.74) is 8.08. The third-order valence-electron chi connectivity index (χ3n) is 8.33. The Hall–Kier alpha value is -3.60. The van der Waals surface area contributed by atoms with Gasteiger partial charge >= 0.3 is 0 Å². The Labute approximate surface area is 244 Å². The van der Waals surface area contributed by atoms with Gasteiger partial charge in [0.15, 0.2) is 0 Å². The van der Waals surface area contributed by atoms with Crippen LogP contribution in [0.4, 0.5) is 0 Å². The highest BCUT2D eigenvalue weighted by Crippen LogP contribution is 2.28. The van der Waals surface area contributed by atoms with Crippen LogP contribution in [0.1, 0.15) is 65.5 Å². The molecule has 2 aliphatic heterocycles. The zero-order valence-corrected chi connectivity index (χ0v) is 24.1. The van der Waals surface area contributed by atoms with Gasteiger partial charge in [-0.2, -0.15) is 0 Å². The van der Waals surface area contributed by atoms with E-state index in [0.29, 0.717) is 25.0 Å². The first-order valence-corrected chi connectivity index (χ1v) is 15.0. The van der Waals surface area contributed by atoms with Crippen molar-refractivity contribution in [1.29, 1.82) is 0 Å². The summed E-state index contributed by atoms with van der Waals surface area (Å²) in [6.45, 7) is 7.46. The molecule has 0 spiro atoms. The van der Waals surface area contributed by atoms with E-state index in [-0.39, 0.29) is 12.2 Å². The van der Waals surface area contributed by atoms with Gasteiger partial charge in [0.2, 0.25) is 0 Å². The Morgan fingerprint density at radius 1 is 0.537 bits per heavy atom. The molecule has 6 rings (SSSR count). The molecule has 212 valence electrons. The van der Waals surface area contributed by atoms with Crippen molar-refractivity contribution in [3.05, 3.63) is 130 Å². The fourth-order valence-corrected chi connectivity index (χ4v) is 5.24. The summed E-state index contributed by atoms with van der Waals surface area (Å²) in [6, 6.07) is 35.2. The van der Waals surface area contributed by atoms with Crippen LogP contribution in [0.5, 0.6) is 11.5 Å². The molecule has 4 atom stereocenters. The molecule has 0 saturated carbocycles. The maximum absolute atomic E-state index is 5.78. The first-order chi connectivity index (χ1) is 20.1. The molecular formula is C37H40O4. The van der Waals surface area contributed by atoms with E-state index in [0.717, 1.165) is 44.0 Å². The fourth-order valence-electron chi connectivity index (χ4n) is 5.24. The van der Waals surface area contributed by atoms with Gasteiger partial charge in [-0.15, -0.1) is 0 Å². The molecule has 0 aliphatic carbocycles. The van der Waals surface area contributed by atoms with Gasteiger partial charge in [-0.3, -0.25) is 0 Å². The van der Waals surface area contributed by atoms with E-state index in [1.165, 1.54) is 33.4 Å². The van der Waals surface area contributed by atoms with Crippen LogP contribution in [0.25, 0.3) is 0 Å². The molecule has 2 fully saturated rings. The standard InChI is InChI=1S/C37H40O4/c1-26(32-14-18-34(19-15-32)38-22-36-24-40-36)30-10-6-28(7-11-30)4-3-5-29-8-12-31(13-9-29)27(2)33-16-20-35(21-17-33)39-23-37-25-41-37/h6-21,26-27,36-37H,3-5,22-25H2,1-2H3. The van der Waals surface area contributed by atoms with E-state index in [9.17, 15) is 0 Å². The Bertz CT molecular complexity index is 1260. The predicted octanol–water partition coefficient (Wildman–Crippen LogP) is 7.72.